The first kappa shape index (κ1) is 20.9. The van der Waals surface area contributed by atoms with Gasteiger partial charge in [0.05, 0.1) is 0 Å². The van der Waals surface area contributed by atoms with E-state index in [-0.39, 0.29) is 15.6 Å². The third kappa shape index (κ3) is 5.58. The smallest absolute Gasteiger partial charge is 0.217 e. The maximum absolute atomic E-state index is 12.6. The Morgan fingerprint density at radius 1 is 1.09 bits per heavy atom. The molecule has 0 radical (unpaired) electrons. The number of hydrogen-bond acceptors (Lipinski definition) is 3. The van der Waals surface area contributed by atoms with Crippen LogP contribution in [0.2, 0.25) is 0 Å². The number of rotatable bonds is 3. The Morgan fingerprint density at radius 2 is 1.55 bits per heavy atom. The first-order valence-electron chi connectivity index (χ1n) is 7.76. The van der Waals surface area contributed by atoms with E-state index >= 15 is 0 Å². The summed E-state index contributed by atoms with van der Waals surface area (Å²) in [5, 5.41) is 0. The van der Waals surface area contributed by atoms with Crippen molar-refractivity contribution in [3.63, 3.8) is 0 Å². The first-order chi connectivity index (χ1) is 10.5. The predicted octanol–water partition coefficient (Wildman–Crippen LogP) is 3.05. The maximum atomic E-state index is 12.6. The van der Waals surface area contributed by atoms with Gasteiger partial charge in [0.1, 0.15) is 18.3 Å². The van der Waals surface area contributed by atoms with Crippen LogP contribution in [0, 0.1) is 0 Å². The summed E-state index contributed by atoms with van der Waals surface area (Å²) >= 11 is 0. The van der Waals surface area contributed by atoms with Crippen LogP contribution < -0.4 is 0 Å². The van der Waals surface area contributed by atoms with E-state index in [1.807, 2.05) is 51.0 Å². The summed E-state index contributed by atoms with van der Waals surface area (Å²) in [4.78, 5) is 23.0. The van der Waals surface area contributed by atoms with Gasteiger partial charge < -0.3 is 4.79 Å². The van der Waals surface area contributed by atoms with E-state index in [1.54, 1.807) is 0 Å². The highest BCUT2D eigenvalue weighted by Crippen LogP contribution is 2.27. The molecule has 0 unspecified atom stereocenters. The maximum Gasteiger partial charge on any atom is 0.217 e. The van der Waals surface area contributed by atoms with Gasteiger partial charge in [0, 0.05) is 29.5 Å². The van der Waals surface area contributed by atoms with Gasteiger partial charge in [-0.25, -0.2) is 0 Å². The molecule has 1 saturated heterocycles. The lowest BCUT2D eigenvalue weighted by Crippen LogP contribution is -2.50. The number of hydrogen-bond donors (Lipinski definition) is 0. The van der Waals surface area contributed by atoms with E-state index in [0.717, 1.165) is 30.2 Å². The molecule has 1 aliphatic rings. The Balaban J connectivity index is 0.00000102. The highest BCUT2D eigenvalue weighted by molar-refractivity contribution is 7.99. The van der Waals surface area contributed by atoms with Crippen LogP contribution in [0.25, 0.3) is 0 Å². The Kier molecular flexibility index (Phi) is 10.0. The molecule has 4 heteroatoms. The van der Waals surface area contributed by atoms with Gasteiger partial charge in [-0.3, -0.25) is 9.69 Å². The summed E-state index contributed by atoms with van der Waals surface area (Å²) in [5.74, 6) is 2.61. The molecule has 0 spiro atoms. The molecular weight excluding hydrogens is 294 g/mol. The predicted molar refractivity (Wildman–Crippen MR) is 97.9 cm³/mol. The molecule has 2 rings (SSSR count). The molecule has 0 saturated carbocycles. The van der Waals surface area contributed by atoms with Crippen LogP contribution >= 0.6 is 0 Å². The molecule has 0 aromatic heterocycles. The normalized spacial score (nSPS) is 15.9. The molecule has 1 aliphatic heterocycles. The van der Waals surface area contributed by atoms with Crippen LogP contribution in [0.15, 0.2) is 30.3 Å². The Bertz CT molecular complexity index is 426. The molecule has 1 heterocycles. The SMILES string of the molecule is C=O.CC.CN1CC[S+](C(C)(C)C(=O)c2ccccc2)CC1. The van der Waals surface area contributed by atoms with Gasteiger partial charge in [-0.15, -0.1) is 0 Å². The Hall–Kier alpha value is -1.13. The minimum atomic E-state index is -0.220. The Morgan fingerprint density at radius 3 is 2.00 bits per heavy atom. The molecule has 1 aromatic carbocycles. The van der Waals surface area contributed by atoms with Crippen molar-refractivity contribution in [3.05, 3.63) is 35.9 Å². The first-order valence-corrected chi connectivity index (χ1v) is 9.33. The number of carbonyl (C=O) groups excluding carboxylic acids is 2. The summed E-state index contributed by atoms with van der Waals surface area (Å²) in [5.41, 5.74) is 0.855. The average molecular weight is 325 g/mol. The van der Waals surface area contributed by atoms with E-state index in [9.17, 15) is 4.79 Å². The summed E-state index contributed by atoms with van der Waals surface area (Å²) in [6.07, 6.45) is 0. The fraction of sp³-hybridized carbons (Fsp3) is 0.556. The quantitative estimate of drug-likeness (QED) is 0.633. The van der Waals surface area contributed by atoms with Crippen molar-refractivity contribution in [2.45, 2.75) is 32.4 Å². The monoisotopic (exact) mass is 324 g/mol. The van der Waals surface area contributed by atoms with E-state index in [0.29, 0.717) is 5.78 Å². The molecule has 0 bridgehead atoms. The third-order valence-electron chi connectivity index (χ3n) is 3.74. The summed E-state index contributed by atoms with van der Waals surface area (Å²) < 4.78 is -0.220. The van der Waals surface area contributed by atoms with Crippen molar-refractivity contribution in [2.24, 2.45) is 0 Å². The molecule has 0 N–H and O–H groups in total. The minimum Gasteiger partial charge on any atom is -0.307 e. The fourth-order valence-corrected chi connectivity index (χ4v) is 4.99. The van der Waals surface area contributed by atoms with Gasteiger partial charge in [-0.2, -0.15) is 0 Å². The van der Waals surface area contributed by atoms with Crippen LogP contribution in [0.1, 0.15) is 38.1 Å². The highest BCUT2D eigenvalue weighted by atomic mass is 32.2. The van der Waals surface area contributed by atoms with Crippen molar-refractivity contribution in [3.8, 4) is 0 Å². The molecule has 1 fully saturated rings. The lowest BCUT2D eigenvalue weighted by Gasteiger charge is -2.31. The number of ketones is 1. The van der Waals surface area contributed by atoms with Crippen LogP contribution in [-0.2, 0) is 15.7 Å². The van der Waals surface area contributed by atoms with Crippen LogP contribution in [0.3, 0.4) is 0 Å². The standard InChI is InChI=1S/C15H22NOS.C2H6.CH2O/c1-15(2,18-11-9-16(3)10-12-18)14(17)13-7-5-4-6-8-13;2*1-2/h4-8H,9-12H2,1-3H3;1-2H3;1H2/q+1;;. The molecule has 1 aromatic rings. The lowest BCUT2D eigenvalue weighted by atomic mass is 10.0. The molecule has 0 amide bonds. The minimum absolute atomic E-state index is 0.203. The topological polar surface area (TPSA) is 37.4 Å². The van der Waals surface area contributed by atoms with Crippen LogP contribution in [0.5, 0.6) is 0 Å². The molecule has 3 nitrogen and oxygen atoms in total. The average Bonchev–Trinajstić information content (AvgIpc) is 2.59. The van der Waals surface area contributed by atoms with E-state index in [2.05, 4.69) is 25.8 Å². The van der Waals surface area contributed by atoms with Gasteiger partial charge in [-0.05, 0) is 20.9 Å². The molecule has 0 atom stereocenters. The zero-order chi connectivity index (χ0) is 17.2. The third-order valence-corrected chi connectivity index (χ3v) is 6.72. The van der Waals surface area contributed by atoms with Crippen LogP contribution in [0.4, 0.5) is 0 Å². The van der Waals surface area contributed by atoms with Gasteiger partial charge >= 0.3 is 0 Å². The van der Waals surface area contributed by atoms with Crippen molar-refractivity contribution < 1.29 is 9.59 Å². The van der Waals surface area contributed by atoms with Crippen molar-refractivity contribution >= 4 is 23.5 Å². The zero-order valence-corrected chi connectivity index (χ0v) is 15.4. The molecule has 0 aliphatic carbocycles. The molecular formula is C18H30NO2S+. The molecule has 124 valence electrons. The summed E-state index contributed by atoms with van der Waals surface area (Å²) in [6.45, 7) is 12.5. The van der Waals surface area contributed by atoms with Gasteiger partial charge in [0.2, 0.25) is 5.78 Å². The fourth-order valence-electron chi connectivity index (χ4n) is 2.32. The zero-order valence-electron chi connectivity index (χ0n) is 14.6. The van der Waals surface area contributed by atoms with E-state index in [4.69, 9.17) is 4.79 Å². The highest BCUT2D eigenvalue weighted by Gasteiger charge is 2.46. The summed E-state index contributed by atoms with van der Waals surface area (Å²) in [7, 11) is 2.36. The number of Topliss-reactive ketones (excluding diaryl/α,β-unsaturated/α-hetero) is 1. The largest absolute Gasteiger partial charge is 0.307 e. The second kappa shape index (κ2) is 10.6. The van der Waals surface area contributed by atoms with Gasteiger partial charge in [-0.1, -0.05) is 44.2 Å². The summed E-state index contributed by atoms with van der Waals surface area (Å²) in [6, 6.07) is 9.72. The van der Waals surface area contributed by atoms with Gasteiger partial charge in [0.25, 0.3) is 0 Å². The van der Waals surface area contributed by atoms with Gasteiger partial charge in [0.15, 0.2) is 4.75 Å². The van der Waals surface area contributed by atoms with Crippen molar-refractivity contribution in [1.82, 2.24) is 4.90 Å². The lowest BCUT2D eigenvalue weighted by molar-refractivity contribution is -0.0979. The van der Waals surface area contributed by atoms with Crippen LogP contribution in [-0.4, -0.2) is 53.9 Å². The molecule has 22 heavy (non-hydrogen) atoms. The van der Waals surface area contributed by atoms with E-state index in [1.165, 1.54) is 0 Å². The second-order valence-corrected chi connectivity index (χ2v) is 8.23. The number of nitrogens with zero attached hydrogens (tertiary/aromatic N) is 1. The number of carbonyl (C=O) groups is 2. The Labute approximate surface area is 138 Å². The number of benzene rings is 1. The van der Waals surface area contributed by atoms with Crippen molar-refractivity contribution in [2.75, 3.05) is 31.6 Å². The van der Waals surface area contributed by atoms with E-state index < -0.39 is 0 Å². The second-order valence-electron chi connectivity index (χ2n) is 5.41. The van der Waals surface area contributed by atoms with Crippen molar-refractivity contribution in [1.29, 1.82) is 0 Å².